The molecular weight excluding hydrogens is 54.0 g/mol. The van der Waals surface area contributed by atoms with Gasteiger partial charge in [-0.1, -0.05) is 0 Å². The molecule has 1 aliphatic rings. The van der Waals surface area contributed by atoms with E-state index in [0.29, 0.717) is 0 Å². The predicted molar refractivity (Wildman–Crippen MR) is 13.9 cm³/mol. The van der Waals surface area contributed by atoms with Crippen LogP contribution in [0.5, 0.6) is 0 Å². The van der Waals surface area contributed by atoms with E-state index in [1.54, 1.807) is 0 Å². The molecule has 4 heavy (non-hydrogen) atoms. The molecule has 2 heteroatoms. The fourth-order valence-corrected chi connectivity index (χ4v) is 0.0556. The molecular formula is C2H5NO. The minimum Gasteiger partial charge on any atom is -0.357 e. The molecule has 2 N–H and O–H groups in total. The standard InChI is InChI=1S/C2H5NO/c3-2-1-4-2/h2H,1,3H2/t2-/m0/s1. The fraction of sp³-hybridized carbons (Fsp3) is 1.00. The van der Waals surface area contributed by atoms with Crippen molar-refractivity contribution in [2.45, 2.75) is 6.23 Å². The summed E-state index contributed by atoms with van der Waals surface area (Å²) in [5, 5.41) is 0. The molecule has 0 spiro atoms. The van der Waals surface area contributed by atoms with E-state index in [2.05, 4.69) is 4.74 Å². The highest BCUT2D eigenvalue weighted by molar-refractivity contribution is 4.55. The van der Waals surface area contributed by atoms with E-state index >= 15 is 0 Å². The number of ether oxygens (including phenoxy) is 1. The summed E-state index contributed by atoms with van der Waals surface area (Å²) in [5.41, 5.74) is 5.00. The number of hydrogen-bond donors (Lipinski definition) is 1. The monoisotopic (exact) mass is 59.0 g/mol. The van der Waals surface area contributed by atoms with Crippen LogP contribution in [0.25, 0.3) is 0 Å². The Morgan fingerprint density at radius 1 is 2.00 bits per heavy atom. The second-order valence-electron chi connectivity index (χ2n) is 0.872. The molecule has 1 aliphatic heterocycles. The molecule has 0 aromatic rings. The third-order valence-electron chi connectivity index (χ3n) is 0.359. The zero-order valence-corrected chi connectivity index (χ0v) is 2.27. The van der Waals surface area contributed by atoms with E-state index in [1.807, 2.05) is 0 Å². The Kier molecular flexibility index (Phi) is 0.242. The summed E-state index contributed by atoms with van der Waals surface area (Å²) in [4.78, 5) is 0. The zero-order chi connectivity index (χ0) is 2.99. The lowest BCUT2D eigenvalue weighted by Gasteiger charge is -1.55. The quantitative estimate of drug-likeness (QED) is 0.375. The highest BCUT2D eigenvalue weighted by atomic mass is 16.6. The molecule has 2 nitrogen and oxygen atoms in total. The Morgan fingerprint density at radius 3 is 2.25 bits per heavy atom. The minimum atomic E-state index is 0.0833. The lowest BCUT2D eigenvalue weighted by molar-refractivity contribution is 0.415. The van der Waals surface area contributed by atoms with E-state index in [0.717, 1.165) is 6.61 Å². The third kappa shape index (κ3) is 0.191. The molecule has 1 fully saturated rings. The van der Waals surface area contributed by atoms with Crippen LogP contribution < -0.4 is 5.73 Å². The van der Waals surface area contributed by atoms with Crippen molar-refractivity contribution < 1.29 is 4.74 Å². The summed E-state index contributed by atoms with van der Waals surface area (Å²) >= 11 is 0. The summed E-state index contributed by atoms with van der Waals surface area (Å²) in [6.07, 6.45) is 0.0833. The summed E-state index contributed by atoms with van der Waals surface area (Å²) in [7, 11) is 0. The number of nitrogens with two attached hydrogens (primary N) is 1. The second kappa shape index (κ2) is 0.445. The van der Waals surface area contributed by atoms with Gasteiger partial charge in [0.05, 0.1) is 6.61 Å². The van der Waals surface area contributed by atoms with E-state index in [1.165, 1.54) is 0 Å². The van der Waals surface area contributed by atoms with Gasteiger partial charge in [-0.15, -0.1) is 0 Å². The van der Waals surface area contributed by atoms with Gasteiger partial charge in [0.25, 0.3) is 0 Å². The first-order chi connectivity index (χ1) is 1.89. The molecule has 1 rings (SSSR count). The van der Waals surface area contributed by atoms with Crippen molar-refractivity contribution in [1.82, 2.24) is 0 Å². The smallest absolute Gasteiger partial charge is 0.129 e. The normalized spacial score (nSPS) is 39.8. The first-order valence-corrected chi connectivity index (χ1v) is 1.27. The van der Waals surface area contributed by atoms with Crippen LogP contribution in [0.1, 0.15) is 0 Å². The Hall–Kier alpha value is -0.0800. The zero-order valence-electron chi connectivity index (χ0n) is 2.27. The van der Waals surface area contributed by atoms with Crippen LogP contribution in [0, 0.1) is 0 Å². The topological polar surface area (TPSA) is 38.5 Å². The average Bonchev–Trinajstić information content (AvgIpc) is 1.75. The Labute approximate surface area is 24.6 Å². The first kappa shape index (κ1) is 2.18. The first-order valence-electron chi connectivity index (χ1n) is 1.27. The van der Waals surface area contributed by atoms with Crippen LogP contribution in [0.2, 0.25) is 0 Å². The van der Waals surface area contributed by atoms with Crippen molar-refractivity contribution in [2.24, 2.45) is 5.73 Å². The van der Waals surface area contributed by atoms with Crippen molar-refractivity contribution in [3.63, 3.8) is 0 Å². The van der Waals surface area contributed by atoms with Gasteiger partial charge in [0.2, 0.25) is 0 Å². The number of rotatable bonds is 0. The van der Waals surface area contributed by atoms with E-state index < -0.39 is 0 Å². The van der Waals surface area contributed by atoms with Gasteiger partial charge in [-0.05, 0) is 0 Å². The summed E-state index contributed by atoms with van der Waals surface area (Å²) in [5.74, 6) is 0. The molecule has 0 unspecified atom stereocenters. The van der Waals surface area contributed by atoms with Crippen molar-refractivity contribution in [3.8, 4) is 0 Å². The van der Waals surface area contributed by atoms with Gasteiger partial charge in [-0.3, -0.25) is 0 Å². The van der Waals surface area contributed by atoms with Crippen LogP contribution >= 0.6 is 0 Å². The van der Waals surface area contributed by atoms with Gasteiger partial charge in [-0.25, -0.2) is 0 Å². The summed E-state index contributed by atoms with van der Waals surface area (Å²) in [6, 6.07) is 0. The van der Waals surface area contributed by atoms with Crippen molar-refractivity contribution in [3.05, 3.63) is 0 Å². The molecule has 1 heterocycles. The van der Waals surface area contributed by atoms with Gasteiger partial charge < -0.3 is 10.5 Å². The highest BCUT2D eigenvalue weighted by Crippen LogP contribution is 1.96. The molecule has 0 aromatic carbocycles. The van der Waals surface area contributed by atoms with Crippen molar-refractivity contribution >= 4 is 0 Å². The van der Waals surface area contributed by atoms with Gasteiger partial charge >= 0.3 is 0 Å². The molecule has 0 radical (unpaired) electrons. The van der Waals surface area contributed by atoms with Crippen LogP contribution in [0.15, 0.2) is 0 Å². The van der Waals surface area contributed by atoms with Crippen LogP contribution in [0.3, 0.4) is 0 Å². The summed E-state index contributed by atoms with van der Waals surface area (Å²) in [6.45, 7) is 0.764. The molecule has 0 saturated carbocycles. The molecule has 24 valence electrons. The van der Waals surface area contributed by atoms with Gasteiger partial charge in [0.15, 0.2) is 0 Å². The Balaban J connectivity index is 2.17. The minimum absolute atomic E-state index is 0.0833. The highest BCUT2D eigenvalue weighted by Gasteiger charge is 2.13. The van der Waals surface area contributed by atoms with Crippen LogP contribution in [-0.4, -0.2) is 12.8 Å². The molecule has 0 bridgehead atoms. The molecule has 1 atom stereocenters. The lowest BCUT2D eigenvalue weighted by Crippen LogP contribution is -1.97. The van der Waals surface area contributed by atoms with E-state index in [9.17, 15) is 0 Å². The molecule has 0 aromatic heterocycles. The maximum absolute atomic E-state index is 5.00. The van der Waals surface area contributed by atoms with Crippen LogP contribution in [0.4, 0.5) is 0 Å². The second-order valence-corrected chi connectivity index (χ2v) is 0.872. The van der Waals surface area contributed by atoms with E-state index in [-0.39, 0.29) is 6.23 Å². The predicted octanol–water partition coefficient (Wildman–Crippen LogP) is -0.699. The number of epoxide rings is 1. The Bertz CT molecular complexity index is 25.2. The number of hydrogen-bond acceptors (Lipinski definition) is 2. The van der Waals surface area contributed by atoms with Crippen LogP contribution in [-0.2, 0) is 4.74 Å². The average molecular weight is 59.1 g/mol. The largest absolute Gasteiger partial charge is 0.357 e. The van der Waals surface area contributed by atoms with Crippen molar-refractivity contribution in [2.75, 3.05) is 6.61 Å². The Morgan fingerprint density at radius 2 is 2.25 bits per heavy atom. The van der Waals surface area contributed by atoms with Gasteiger partial charge in [-0.2, -0.15) is 0 Å². The van der Waals surface area contributed by atoms with Gasteiger partial charge in [0, 0.05) is 0 Å². The molecule has 0 aliphatic carbocycles. The summed E-state index contributed by atoms with van der Waals surface area (Å²) < 4.78 is 4.49. The fourth-order valence-electron chi connectivity index (χ4n) is 0.0556. The maximum atomic E-state index is 5.00. The molecule has 1 saturated heterocycles. The van der Waals surface area contributed by atoms with E-state index in [4.69, 9.17) is 5.73 Å². The maximum Gasteiger partial charge on any atom is 0.129 e. The molecule has 0 amide bonds. The SMILES string of the molecule is N[C@@H]1CO1. The van der Waals surface area contributed by atoms with Crippen molar-refractivity contribution in [1.29, 1.82) is 0 Å². The lowest BCUT2D eigenvalue weighted by atomic mass is 10.8. The third-order valence-corrected chi connectivity index (χ3v) is 0.359. The van der Waals surface area contributed by atoms with Gasteiger partial charge in [0.1, 0.15) is 6.23 Å².